The van der Waals surface area contributed by atoms with Crippen molar-refractivity contribution in [3.8, 4) is 6.07 Å². The largest absolute Gasteiger partial charge is 0.504 e. The van der Waals surface area contributed by atoms with Crippen LogP contribution in [0.5, 0.6) is 0 Å². The molecule has 1 heterocycles. The van der Waals surface area contributed by atoms with Crippen molar-refractivity contribution >= 4 is 28.7 Å². The van der Waals surface area contributed by atoms with Crippen LogP contribution in [-0.2, 0) is 7.05 Å². The van der Waals surface area contributed by atoms with Crippen LogP contribution in [0.3, 0.4) is 0 Å². The number of para-hydroxylation sites is 1. The zero-order valence-electron chi connectivity index (χ0n) is 10.9. The van der Waals surface area contributed by atoms with E-state index in [0.29, 0.717) is 5.69 Å². The molecule has 0 amide bonds. The van der Waals surface area contributed by atoms with E-state index in [2.05, 4.69) is 5.32 Å². The number of aryl methyl sites for hydroxylation is 1. The fourth-order valence-electron chi connectivity index (χ4n) is 1.76. The van der Waals surface area contributed by atoms with Gasteiger partial charge in [-0.05, 0) is 24.3 Å². The Morgan fingerprint density at radius 2 is 1.95 bits per heavy atom. The third-order valence-corrected chi connectivity index (χ3v) is 3.10. The predicted octanol–water partition coefficient (Wildman–Crippen LogP) is 3.26. The summed E-state index contributed by atoms with van der Waals surface area (Å²) in [5, 5.41) is 22.4. The molecule has 0 spiro atoms. The van der Waals surface area contributed by atoms with Crippen LogP contribution in [0.4, 0.5) is 5.69 Å². The summed E-state index contributed by atoms with van der Waals surface area (Å²) in [5.74, 6) is -0.131. The fourth-order valence-corrected chi connectivity index (χ4v) is 2.02. The van der Waals surface area contributed by atoms with Gasteiger partial charge in [-0.1, -0.05) is 30.4 Å². The Morgan fingerprint density at radius 3 is 2.50 bits per heavy atom. The van der Waals surface area contributed by atoms with Gasteiger partial charge >= 0.3 is 0 Å². The Labute approximate surface area is 122 Å². The van der Waals surface area contributed by atoms with E-state index >= 15 is 0 Å². The number of nitriles is 1. The predicted molar refractivity (Wildman–Crippen MR) is 83.2 cm³/mol. The number of benzene rings is 1. The molecular formula is C15H13N3OS. The zero-order chi connectivity index (χ0) is 14.5. The van der Waals surface area contributed by atoms with Crippen molar-refractivity contribution in [1.29, 1.82) is 5.26 Å². The van der Waals surface area contributed by atoms with Crippen molar-refractivity contribution in [1.82, 2.24) is 4.57 Å². The van der Waals surface area contributed by atoms with Gasteiger partial charge in [0.2, 0.25) is 0 Å². The fraction of sp³-hybridized carbons (Fsp3) is 0.0667. The average molecular weight is 283 g/mol. The smallest absolute Gasteiger partial charge is 0.160 e. The molecule has 100 valence electrons. The van der Waals surface area contributed by atoms with Crippen LogP contribution in [0.25, 0.3) is 5.76 Å². The molecule has 1 aromatic carbocycles. The van der Waals surface area contributed by atoms with Gasteiger partial charge in [0.05, 0.1) is 5.69 Å². The second-order valence-electron chi connectivity index (χ2n) is 4.16. The Morgan fingerprint density at radius 1 is 1.25 bits per heavy atom. The van der Waals surface area contributed by atoms with Crippen LogP contribution < -0.4 is 5.32 Å². The van der Waals surface area contributed by atoms with Crippen molar-refractivity contribution in [3.63, 3.8) is 0 Å². The van der Waals surface area contributed by atoms with E-state index in [1.807, 2.05) is 36.4 Å². The summed E-state index contributed by atoms with van der Waals surface area (Å²) < 4.78 is 1.72. The maximum atomic E-state index is 10.2. The first-order chi connectivity index (χ1) is 9.63. The van der Waals surface area contributed by atoms with E-state index in [4.69, 9.17) is 12.2 Å². The highest BCUT2D eigenvalue weighted by atomic mass is 32.1. The minimum absolute atomic E-state index is 0.0469. The summed E-state index contributed by atoms with van der Waals surface area (Å²) in [6, 6.07) is 14.7. The lowest BCUT2D eigenvalue weighted by molar-refractivity contribution is 0.503. The molecule has 20 heavy (non-hydrogen) atoms. The molecular weight excluding hydrogens is 270 g/mol. The van der Waals surface area contributed by atoms with E-state index in [-0.39, 0.29) is 16.3 Å². The number of hydrogen-bond acceptors (Lipinski definition) is 3. The molecule has 0 fully saturated rings. The summed E-state index contributed by atoms with van der Waals surface area (Å²) in [5.41, 5.74) is 1.36. The lowest BCUT2D eigenvalue weighted by atomic mass is 10.2. The Bertz CT molecular complexity index is 695. The summed E-state index contributed by atoms with van der Waals surface area (Å²) in [4.78, 5) is 0.192. The zero-order valence-corrected chi connectivity index (χ0v) is 11.7. The van der Waals surface area contributed by atoms with Crippen LogP contribution in [0.2, 0.25) is 0 Å². The topological polar surface area (TPSA) is 61.0 Å². The molecule has 4 nitrogen and oxygen atoms in total. The highest BCUT2D eigenvalue weighted by Crippen LogP contribution is 2.18. The quantitative estimate of drug-likeness (QED) is 0.393. The molecule has 2 aromatic rings. The number of aliphatic hydroxyl groups is 1. The van der Waals surface area contributed by atoms with Gasteiger partial charge < -0.3 is 15.0 Å². The van der Waals surface area contributed by atoms with Gasteiger partial charge in [0, 0.05) is 18.9 Å². The number of thiocarbonyl (C=S) groups is 1. The molecule has 0 saturated carbocycles. The summed E-state index contributed by atoms with van der Waals surface area (Å²) in [6.07, 6.45) is 1.79. The summed E-state index contributed by atoms with van der Waals surface area (Å²) in [7, 11) is 1.79. The van der Waals surface area contributed by atoms with Gasteiger partial charge in [-0.3, -0.25) is 0 Å². The number of nitrogens with one attached hydrogen (secondary N) is 1. The number of rotatable bonds is 3. The first-order valence-corrected chi connectivity index (χ1v) is 6.35. The third-order valence-electron chi connectivity index (χ3n) is 2.79. The standard InChI is InChI=1S/C15H13N3OS/c1-18-9-5-8-13(18)14(19)12(10-16)15(20)17-11-6-3-2-4-7-11/h2-9,19H,1H3,(H,17,20)/b14-12+. The van der Waals surface area contributed by atoms with Crippen molar-refractivity contribution < 1.29 is 5.11 Å². The molecule has 0 aliphatic heterocycles. The highest BCUT2D eigenvalue weighted by Gasteiger charge is 2.15. The average Bonchev–Trinajstić information content (AvgIpc) is 2.86. The number of hydrogen-bond donors (Lipinski definition) is 2. The summed E-state index contributed by atoms with van der Waals surface area (Å²) in [6.45, 7) is 0. The van der Waals surface area contributed by atoms with Crippen molar-refractivity contribution in [2.45, 2.75) is 0 Å². The van der Waals surface area contributed by atoms with Crippen molar-refractivity contribution in [2.24, 2.45) is 7.05 Å². The third kappa shape index (κ3) is 2.87. The minimum Gasteiger partial charge on any atom is -0.504 e. The molecule has 0 saturated heterocycles. The van der Waals surface area contributed by atoms with Crippen LogP contribution in [-0.4, -0.2) is 14.7 Å². The molecule has 2 rings (SSSR count). The number of nitrogens with zero attached hydrogens (tertiary/aromatic N) is 2. The lowest BCUT2D eigenvalue weighted by Gasteiger charge is -2.09. The Balaban J connectivity index is 2.31. The van der Waals surface area contributed by atoms with E-state index in [0.717, 1.165) is 5.69 Å². The van der Waals surface area contributed by atoms with Gasteiger partial charge in [-0.15, -0.1) is 0 Å². The molecule has 2 N–H and O–H groups in total. The molecule has 0 atom stereocenters. The van der Waals surface area contributed by atoms with Gasteiger partial charge in [-0.25, -0.2) is 0 Å². The molecule has 0 aliphatic carbocycles. The van der Waals surface area contributed by atoms with Crippen LogP contribution in [0, 0.1) is 11.3 Å². The molecule has 0 unspecified atom stereocenters. The van der Waals surface area contributed by atoms with Gasteiger partial charge in [0.1, 0.15) is 16.6 Å². The SMILES string of the molecule is Cn1cccc1/C(O)=C(/C#N)C(=S)Nc1ccccc1. The van der Waals surface area contributed by atoms with Gasteiger partial charge in [-0.2, -0.15) is 5.26 Å². The van der Waals surface area contributed by atoms with Crippen LogP contribution >= 0.6 is 12.2 Å². The Hall–Kier alpha value is -2.58. The normalized spacial score (nSPS) is 11.4. The van der Waals surface area contributed by atoms with E-state index in [1.54, 1.807) is 29.9 Å². The number of aromatic nitrogens is 1. The first-order valence-electron chi connectivity index (χ1n) is 5.95. The van der Waals surface area contributed by atoms with Gasteiger partial charge in [0.15, 0.2) is 5.76 Å². The number of anilines is 1. The molecule has 5 heteroatoms. The summed E-state index contributed by atoms with van der Waals surface area (Å²) >= 11 is 5.19. The van der Waals surface area contributed by atoms with E-state index < -0.39 is 0 Å². The molecule has 0 bridgehead atoms. The molecule has 0 aliphatic rings. The highest BCUT2D eigenvalue weighted by molar-refractivity contribution is 7.81. The van der Waals surface area contributed by atoms with Crippen molar-refractivity contribution in [3.05, 3.63) is 59.9 Å². The maximum Gasteiger partial charge on any atom is 0.160 e. The monoisotopic (exact) mass is 283 g/mol. The molecule has 0 radical (unpaired) electrons. The molecule has 1 aromatic heterocycles. The van der Waals surface area contributed by atoms with E-state index in [9.17, 15) is 10.4 Å². The van der Waals surface area contributed by atoms with E-state index in [1.165, 1.54) is 0 Å². The van der Waals surface area contributed by atoms with Crippen LogP contribution in [0.1, 0.15) is 5.69 Å². The maximum absolute atomic E-state index is 10.2. The second-order valence-corrected chi connectivity index (χ2v) is 4.57. The second kappa shape index (κ2) is 6.04. The lowest BCUT2D eigenvalue weighted by Crippen LogP contribution is -2.13. The minimum atomic E-state index is -0.131. The Kier molecular flexibility index (Phi) is 4.18. The first kappa shape index (κ1) is 13.8. The van der Waals surface area contributed by atoms with Gasteiger partial charge in [0.25, 0.3) is 0 Å². The number of aliphatic hydroxyl groups excluding tert-OH is 1. The van der Waals surface area contributed by atoms with Crippen molar-refractivity contribution in [2.75, 3.05) is 5.32 Å². The van der Waals surface area contributed by atoms with Crippen LogP contribution in [0.15, 0.2) is 54.2 Å².